The standard InChI is InChI=1S/C26H39N7O4/c1-26(2,3)37-25(36)30-13-8-19(9-14-30)33-21-10-15-32(17-20(21)29-24(33)35)23(34)28-18-7-12-31(16-18)22-6-4-5-11-27-22/h4-6,11,18-21H,7-10,12-17H2,1-3H3,(H,28,34)(H,29,35). The number of likely N-dealkylation sites (tertiary alicyclic amines) is 2. The van der Waals surface area contributed by atoms with E-state index in [2.05, 4.69) is 20.5 Å². The predicted octanol–water partition coefficient (Wildman–Crippen LogP) is 2.24. The molecule has 5 heterocycles. The Morgan fingerprint density at radius 1 is 1.03 bits per heavy atom. The molecule has 3 atom stereocenters. The van der Waals surface area contributed by atoms with E-state index in [4.69, 9.17) is 4.74 Å². The van der Waals surface area contributed by atoms with Crippen LogP contribution in [0.3, 0.4) is 0 Å². The van der Waals surface area contributed by atoms with Gasteiger partial charge in [0, 0.05) is 57.5 Å². The highest BCUT2D eigenvalue weighted by atomic mass is 16.6. The molecule has 5 rings (SSSR count). The molecular weight excluding hydrogens is 474 g/mol. The molecule has 37 heavy (non-hydrogen) atoms. The number of urea groups is 2. The van der Waals surface area contributed by atoms with Gasteiger partial charge in [-0.1, -0.05) is 6.07 Å². The second kappa shape index (κ2) is 10.3. The van der Waals surface area contributed by atoms with Crippen LogP contribution in [0.25, 0.3) is 0 Å². The quantitative estimate of drug-likeness (QED) is 0.642. The summed E-state index contributed by atoms with van der Waals surface area (Å²) in [6.45, 7) is 9.48. The molecule has 4 aliphatic rings. The van der Waals surface area contributed by atoms with Crippen molar-refractivity contribution in [2.45, 2.75) is 76.2 Å². The van der Waals surface area contributed by atoms with Crippen LogP contribution in [0, 0.1) is 0 Å². The molecule has 0 bridgehead atoms. The van der Waals surface area contributed by atoms with Gasteiger partial charge in [-0.3, -0.25) is 0 Å². The van der Waals surface area contributed by atoms with Gasteiger partial charge < -0.3 is 35.0 Å². The monoisotopic (exact) mass is 513 g/mol. The molecule has 5 amide bonds. The lowest BCUT2D eigenvalue weighted by Gasteiger charge is -2.42. The van der Waals surface area contributed by atoms with Gasteiger partial charge in [-0.2, -0.15) is 0 Å². The van der Waals surface area contributed by atoms with Crippen molar-refractivity contribution in [3.05, 3.63) is 24.4 Å². The first kappa shape index (κ1) is 25.4. The Hall–Kier alpha value is -3.24. The summed E-state index contributed by atoms with van der Waals surface area (Å²) >= 11 is 0. The maximum absolute atomic E-state index is 13.1. The number of ether oxygens (including phenoxy) is 1. The summed E-state index contributed by atoms with van der Waals surface area (Å²) in [4.78, 5) is 50.6. The van der Waals surface area contributed by atoms with Gasteiger partial charge in [-0.05, 0) is 58.6 Å². The fourth-order valence-electron chi connectivity index (χ4n) is 5.97. The highest BCUT2D eigenvalue weighted by molar-refractivity contribution is 5.79. The van der Waals surface area contributed by atoms with Crippen molar-refractivity contribution < 1.29 is 19.1 Å². The fraction of sp³-hybridized carbons (Fsp3) is 0.692. The molecule has 1 aromatic heterocycles. The maximum atomic E-state index is 13.1. The second-order valence-corrected chi connectivity index (χ2v) is 11.5. The van der Waals surface area contributed by atoms with Crippen LogP contribution in [-0.2, 0) is 4.74 Å². The number of amides is 5. The number of fused-ring (bicyclic) bond motifs is 1. The van der Waals surface area contributed by atoms with Gasteiger partial charge in [0.2, 0.25) is 0 Å². The van der Waals surface area contributed by atoms with Crippen LogP contribution in [-0.4, -0.2) is 107 Å². The number of nitrogens with one attached hydrogen (secondary N) is 2. The summed E-state index contributed by atoms with van der Waals surface area (Å²) in [6, 6.07) is 5.90. The minimum Gasteiger partial charge on any atom is -0.444 e. The van der Waals surface area contributed by atoms with E-state index in [0.717, 1.165) is 44.6 Å². The molecule has 3 unspecified atom stereocenters. The third kappa shape index (κ3) is 5.70. The summed E-state index contributed by atoms with van der Waals surface area (Å²) in [6.07, 6.45) is 4.58. The van der Waals surface area contributed by atoms with Gasteiger partial charge in [0.25, 0.3) is 0 Å². The lowest BCUT2D eigenvalue weighted by atomic mass is 9.96. The SMILES string of the molecule is CC(C)(C)OC(=O)N1CCC(N2C(=O)NC3CN(C(=O)NC4CCN(c5ccccn5)C4)CCC32)CC1. The summed E-state index contributed by atoms with van der Waals surface area (Å²) in [7, 11) is 0. The van der Waals surface area contributed by atoms with Gasteiger partial charge in [0.05, 0.1) is 12.1 Å². The van der Waals surface area contributed by atoms with Crippen LogP contribution in [0.15, 0.2) is 24.4 Å². The van der Waals surface area contributed by atoms with Crippen LogP contribution < -0.4 is 15.5 Å². The van der Waals surface area contributed by atoms with E-state index in [1.54, 1.807) is 11.1 Å². The number of carbonyl (C=O) groups is 3. The predicted molar refractivity (Wildman–Crippen MR) is 138 cm³/mol. The molecule has 0 radical (unpaired) electrons. The molecule has 4 fully saturated rings. The van der Waals surface area contributed by atoms with Crippen molar-refractivity contribution in [3.8, 4) is 0 Å². The van der Waals surface area contributed by atoms with Gasteiger partial charge in [0.1, 0.15) is 11.4 Å². The number of nitrogens with zero attached hydrogens (tertiary/aromatic N) is 5. The Morgan fingerprint density at radius 3 is 2.49 bits per heavy atom. The molecule has 1 aromatic rings. The molecule has 0 aliphatic carbocycles. The molecule has 0 spiro atoms. The Kier molecular flexibility index (Phi) is 7.04. The van der Waals surface area contributed by atoms with E-state index < -0.39 is 5.60 Å². The number of anilines is 1. The number of hydrogen-bond donors (Lipinski definition) is 2. The smallest absolute Gasteiger partial charge is 0.410 e. The van der Waals surface area contributed by atoms with E-state index in [0.29, 0.717) is 26.2 Å². The van der Waals surface area contributed by atoms with Crippen molar-refractivity contribution in [3.63, 3.8) is 0 Å². The molecular formula is C26H39N7O4. The average molecular weight is 514 g/mol. The molecule has 11 heteroatoms. The van der Waals surface area contributed by atoms with Gasteiger partial charge in [-0.15, -0.1) is 0 Å². The number of hydrogen-bond acceptors (Lipinski definition) is 6. The van der Waals surface area contributed by atoms with Gasteiger partial charge in [0.15, 0.2) is 0 Å². The zero-order valence-corrected chi connectivity index (χ0v) is 22.1. The summed E-state index contributed by atoms with van der Waals surface area (Å²) in [5.41, 5.74) is -0.521. The number of carbonyl (C=O) groups excluding carboxylic acids is 3. The van der Waals surface area contributed by atoms with E-state index in [9.17, 15) is 14.4 Å². The molecule has 2 N–H and O–H groups in total. The highest BCUT2D eigenvalue weighted by Gasteiger charge is 2.47. The molecule has 11 nitrogen and oxygen atoms in total. The Morgan fingerprint density at radius 2 is 1.78 bits per heavy atom. The lowest BCUT2D eigenvalue weighted by Crippen LogP contribution is -2.58. The molecule has 4 saturated heterocycles. The van der Waals surface area contributed by atoms with Crippen molar-refractivity contribution >= 4 is 24.0 Å². The summed E-state index contributed by atoms with van der Waals surface area (Å²) in [5, 5.41) is 6.31. The van der Waals surface area contributed by atoms with Crippen molar-refractivity contribution in [1.29, 1.82) is 0 Å². The second-order valence-electron chi connectivity index (χ2n) is 11.5. The zero-order chi connectivity index (χ0) is 26.2. The Bertz CT molecular complexity index is 992. The summed E-state index contributed by atoms with van der Waals surface area (Å²) in [5.74, 6) is 0.936. The van der Waals surface area contributed by atoms with Crippen LogP contribution in [0.4, 0.5) is 20.2 Å². The molecule has 0 aromatic carbocycles. The minimum atomic E-state index is -0.521. The number of piperidine rings is 2. The number of pyridine rings is 1. The summed E-state index contributed by atoms with van der Waals surface area (Å²) < 4.78 is 5.50. The average Bonchev–Trinajstić information content (AvgIpc) is 3.46. The topological polar surface area (TPSA) is 110 Å². The molecule has 4 aliphatic heterocycles. The zero-order valence-electron chi connectivity index (χ0n) is 22.1. The first-order valence-corrected chi connectivity index (χ1v) is 13.5. The molecule has 0 saturated carbocycles. The highest BCUT2D eigenvalue weighted by Crippen LogP contribution is 2.29. The third-order valence-electron chi connectivity index (χ3n) is 7.76. The van der Waals surface area contributed by atoms with E-state index >= 15 is 0 Å². The first-order valence-electron chi connectivity index (χ1n) is 13.5. The van der Waals surface area contributed by atoms with E-state index in [1.807, 2.05) is 48.8 Å². The Balaban J connectivity index is 1.10. The Labute approximate surface area is 218 Å². The fourth-order valence-corrected chi connectivity index (χ4v) is 5.97. The normalized spacial score (nSPS) is 26.7. The number of rotatable bonds is 3. The van der Waals surface area contributed by atoms with Crippen molar-refractivity contribution in [2.24, 2.45) is 0 Å². The van der Waals surface area contributed by atoms with Crippen molar-refractivity contribution in [2.75, 3.05) is 44.2 Å². The van der Waals surface area contributed by atoms with Crippen LogP contribution in [0.5, 0.6) is 0 Å². The maximum Gasteiger partial charge on any atom is 0.410 e. The van der Waals surface area contributed by atoms with Crippen LogP contribution in [0.2, 0.25) is 0 Å². The van der Waals surface area contributed by atoms with E-state index in [-0.39, 0.29) is 42.3 Å². The molecule has 202 valence electrons. The lowest BCUT2D eigenvalue weighted by molar-refractivity contribution is 0.0147. The van der Waals surface area contributed by atoms with Gasteiger partial charge in [-0.25, -0.2) is 19.4 Å². The third-order valence-corrected chi connectivity index (χ3v) is 7.76. The van der Waals surface area contributed by atoms with Crippen LogP contribution >= 0.6 is 0 Å². The number of aromatic nitrogens is 1. The minimum absolute atomic E-state index is 0.0604. The first-order chi connectivity index (χ1) is 17.7. The van der Waals surface area contributed by atoms with E-state index in [1.165, 1.54) is 0 Å². The van der Waals surface area contributed by atoms with Crippen LogP contribution in [0.1, 0.15) is 46.5 Å². The largest absolute Gasteiger partial charge is 0.444 e. The van der Waals surface area contributed by atoms with Crippen molar-refractivity contribution in [1.82, 2.24) is 30.3 Å². The van der Waals surface area contributed by atoms with Gasteiger partial charge >= 0.3 is 18.2 Å².